The first-order valence-corrected chi connectivity index (χ1v) is 9.79. The lowest BCUT2D eigenvalue weighted by molar-refractivity contribution is -0.137. The topological polar surface area (TPSA) is 46.5 Å². The Bertz CT molecular complexity index is 1190. The highest BCUT2D eigenvalue weighted by Crippen LogP contribution is 2.36. The molecule has 0 aliphatic carbocycles. The zero-order chi connectivity index (χ0) is 23.5. The van der Waals surface area contributed by atoms with Crippen LogP contribution >= 0.6 is 0 Å². The number of aromatic carboxylic acids is 1. The lowest BCUT2D eigenvalue weighted by Gasteiger charge is -2.23. The van der Waals surface area contributed by atoms with Gasteiger partial charge in [0.2, 0.25) is 0 Å². The van der Waals surface area contributed by atoms with E-state index >= 15 is 0 Å². The van der Waals surface area contributed by atoms with Crippen LogP contribution in [0, 0.1) is 11.8 Å². The van der Waals surface area contributed by atoms with E-state index < -0.39 is 17.7 Å². The number of hydrogen-bond acceptors (Lipinski definition) is 2. The molecule has 3 nitrogen and oxygen atoms in total. The monoisotopic (exact) mass is 438 g/mol. The van der Waals surface area contributed by atoms with Crippen molar-refractivity contribution >= 4 is 5.97 Å². The van der Waals surface area contributed by atoms with Crippen LogP contribution in [0.25, 0.3) is 0 Å². The number of benzene rings is 3. The molecule has 0 bridgehead atoms. The van der Waals surface area contributed by atoms with Gasteiger partial charge in [-0.15, -0.1) is 0 Å². The highest BCUT2D eigenvalue weighted by atomic mass is 19.4. The quantitative estimate of drug-likeness (QED) is 0.453. The SMILES string of the molecule is CC(C)(C)c1ccc(C#Cc2ccccc2C(=O)O)cc1Oc1ccc(C(F)(F)F)cc1. The van der Waals surface area contributed by atoms with E-state index in [1.54, 1.807) is 30.3 Å². The summed E-state index contributed by atoms with van der Waals surface area (Å²) in [6, 6.07) is 16.3. The number of hydrogen-bond donors (Lipinski definition) is 1. The van der Waals surface area contributed by atoms with E-state index in [1.807, 2.05) is 26.8 Å². The maximum Gasteiger partial charge on any atom is 0.416 e. The van der Waals surface area contributed by atoms with Crippen molar-refractivity contribution in [2.24, 2.45) is 0 Å². The smallest absolute Gasteiger partial charge is 0.416 e. The Morgan fingerprint density at radius 3 is 2.16 bits per heavy atom. The van der Waals surface area contributed by atoms with Crippen LogP contribution in [0.3, 0.4) is 0 Å². The highest BCUT2D eigenvalue weighted by molar-refractivity contribution is 5.90. The van der Waals surface area contributed by atoms with Crippen molar-refractivity contribution in [1.82, 2.24) is 0 Å². The third-order valence-corrected chi connectivity index (χ3v) is 4.70. The number of carboxylic acid groups (broad SMARTS) is 1. The summed E-state index contributed by atoms with van der Waals surface area (Å²) in [6.07, 6.45) is -4.42. The lowest BCUT2D eigenvalue weighted by atomic mass is 9.86. The Kier molecular flexibility index (Phi) is 6.31. The molecule has 0 radical (unpaired) electrons. The van der Waals surface area contributed by atoms with Gasteiger partial charge < -0.3 is 9.84 Å². The van der Waals surface area contributed by atoms with Crippen molar-refractivity contribution < 1.29 is 27.8 Å². The number of carboxylic acids is 1. The Labute approximate surface area is 184 Å². The van der Waals surface area contributed by atoms with Crippen LogP contribution in [0.15, 0.2) is 66.7 Å². The van der Waals surface area contributed by atoms with Crippen molar-refractivity contribution in [2.45, 2.75) is 32.4 Å². The summed E-state index contributed by atoms with van der Waals surface area (Å²) >= 11 is 0. The van der Waals surface area contributed by atoms with Crippen molar-refractivity contribution in [3.63, 3.8) is 0 Å². The second kappa shape index (κ2) is 8.80. The summed E-state index contributed by atoms with van der Waals surface area (Å²) in [7, 11) is 0. The van der Waals surface area contributed by atoms with Crippen LogP contribution in [0.5, 0.6) is 11.5 Å². The van der Waals surface area contributed by atoms with Gasteiger partial charge in [0.1, 0.15) is 11.5 Å². The van der Waals surface area contributed by atoms with E-state index in [9.17, 15) is 23.1 Å². The molecular formula is C26H21F3O3. The molecule has 0 saturated carbocycles. The molecule has 3 rings (SSSR count). The molecule has 3 aromatic carbocycles. The van der Waals surface area contributed by atoms with Gasteiger partial charge in [0, 0.05) is 16.7 Å². The fraction of sp³-hybridized carbons (Fsp3) is 0.192. The van der Waals surface area contributed by atoms with E-state index in [0.29, 0.717) is 16.9 Å². The van der Waals surface area contributed by atoms with Crippen LogP contribution in [0.2, 0.25) is 0 Å². The van der Waals surface area contributed by atoms with E-state index in [2.05, 4.69) is 11.8 Å². The van der Waals surface area contributed by atoms with Crippen LogP contribution in [-0.4, -0.2) is 11.1 Å². The Morgan fingerprint density at radius 1 is 0.906 bits per heavy atom. The predicted molar refractivity (Wildman–Crippen MR) is 116 cm³/mol. The van der Waals surface area contributed by atoms with Gasteiger partial charge in [0.25, 0.3) is 0 Å². The molecule has 0 aromatic heterocycles. The summed E-state index contributed by atoms with van der Waals surface area (Å²) in [5, 5.41) is 9.31. The summed E-state index contributed by atoms with van der Waals surface area (Å²) < 4.78 is 44.4. The molecule has 0 aliphatic rings. The number of alkyl halides is 3. The van der Waals surface area contributed by atoms with Gasteiger partial charge in [0.15, 0.2) is 0 Å². The molecular weight excluding hydrogens is 417 g/mol. The zero-order valence-electron chi connectivity index (χ0n) is 17.7. The largest absolute Gasteiger partial charge is 0.478 e. The maximum absolute atomic E-state index is 12.8. The molecule has 0 unspecified atom stereocenters. The molecule has 0 atom stereocenters. The van der Waals surface area contributed by atoms with E-state index in [4.69, 9.17) is 4.74 Å². The molecule has 0 fully saturated rings. The first-order valence-electron chi connectivity index (χ1n) is 9.79. The normalized spacial score (nSPS) is 11.4. The molecule has 0 heterocycles. The highest BCUT2D eigenvalue weighted by Gasteiger charge is 2.30. The van der Waals surface area contributed by atoms with Gasteiger partial charge in [-0.2, -0.15) is 13.2 Å². The lowest BCUT2D eigenvalue weighted by Crippen LogP contribution is -2.12. The minimum absolute atomic E-state index is 0.104. The molecule has 6 heteroatoms. The molecule has 32 heavy (non-hydrogen) atoms. The molecule has 3 aromatic rings. The summed E-state index contributed by atoms with van der Waals surface area (Å²) in [5.74, 6) is 5.49. The third-order valence-electron chi connectivity index (χ3n) is 4.70. The minimum atomic E-state index is -4.42. The third kappa shape index (κ3) is 5.50. The molecule has 1 N–H and O–H groups in total. The molecule has 0 saturated heterocycles. The van der Waals surface area contributed by atoms with Gasteiger partial charge in [-0.3, -0.25) is 0 Å². The fourth-order valence-electron chi connectivity index (χ4n) is 3.06. The fourth-order valence-corrected chi connectivity index (χ4v) is 3.06. The average Bonchev–Trinajstić information content (AvgIpc) is 2.71. The Hall–Kier alpha value is -3.72. The van der Waals surface area contributed by atoms with Gasteiger partial charge >= 0.3 is 12.1 Å². The van der Waals surface area contributed by atoms with Crippen molar-refractivity contribution in [3.05, 3.63) is 94.5 Å². The summed E-state index contributed by atoms with van der Waals surface area (Å²) in [6.45, 7) is 5.99. The average molecular weight is 438 g/mol. The number of rotatable bonds is 3. The Balaban J connectivity index is 1.98. The van der Waals surface area contributed by atoms with Gasteiger partial charge in [0.05, 0.1) is 11.1 Å². The Morgan fingerprint density at radius 2 is 1.56 bits per heavy atom. The summed E-state index contributed by atoms with van der Waals surface area (Å²) in [5.41, 5.74) is 0.882. The first-order chi connectivity index (χ1) is 14.9. The van der Waals surface area contributed by atoms with E-state index in [0.717, 1.165) is 17.7 Å². The molecule has 0 amide bonds. The summed E-state index contributed by atoms with van der Waals surface area (Å²) in [4.78, 5) is 11.4. The zero-order valence-corrected chi connectivity index (χ0v) is 17.7. The van der Waals surface area contributed by atoms with Crippen molar-refractivity contribution in [3.8, 4) is 23.3 Å². The van der Waals surface area contributed by atoms with E-state index in [-0.39, 0.29) is 16.7 Å². The second-order valence-corrected chi connectivity index (χ2v) is 8.19. The standard InChI is InChI=1S/C26H21F3O3/c1-25(2,3)22-15-9-17(8-10-18-6-4-5-7-21(18)24(30)31)16-23(22)32-20-13-11-19(12-14-20)26(27,28)29/h4-7,9,11-16H,1-3H3,(H,30,31). The second-order valence-electron chi connectivity index (χ2n) is 8.19. The number of ether oxygens (including phenoxy) is 1. The van der Waals surface area contributed by atoms with Crippen molar-refractivity contribution in [1.29, 1.82) is 0 Å². The van der Waals surface area contributed by atoms with Crippen LogP contribution < -0.4 is 4.74 Å². The van der Waals surface area contributed by atoms with Gasteiger partial charge in [-0.05, 0) is 53.9 Å². The first kappa shape index (κ1) is 23.0. The van der Waals surface area contributed by atoms with E-state index in [1.165, 1.54) is 18.2 Å². The van der Waals surface area contributed by atoms with Gasteiger partial charge in [-0.25, -0.2) is 4.79 Å². The number of halogens is 3. The molecule has 164 valence electrons. The van der Waals surface area contributed by atoms with Crippen LogP contribution in [0.4, 0.5) is 13.2 Å². The maximum atomic E-state index is 12.8. The van der Waals surface area contributed by atoms with Crippen LogP contribution in [0.1, 0.15) is 53.4 Å². The predicted octanol–water partition coefficient (Wildman–Crippen LogP) is 6.89. The minimum Gasteiger partial charge on any atom is -0.478 e. The molecule has 0 aliphatic heterocycles. The number of carbonyl (C=O) groups is 1. The van der Waals surface area contributed by atoms with Crippen LogP contribution in [-0.2, 0) is 11.6 Å². The van der Waals surface area contributed by atoms with Crippen molar-refractivity contribution in [2.75, 3.05) is 0 Å². The molecule has 0 spiro atoms. The van der Waals surface area contributed by atoms with Gasteiger partial charge in [-0.1, -0.05) is 50.8 Å².